The van der Waals surface area contributed by atoms with Crippen LogP contribution >= 0.6 is 0 Å². The normalized spacial score (nSPS) is 34.8. The highest BCUT2D eigenvalue weighted by Gasteiger charge is 2.36. The molecule has 2 unspecified atom stereocenters. The first-order chi connectivity index (χ1) is 4.52. The van der Waals surface area contributed by atoms with Crippen molar-refractivity contribution in [2.45, 2.75) is 25.5 Å². The maximum atomic E-state index is 9.53. The van der Waals surface area contributed by atoms with Crippen molar-refractivity contribution < 1.29 is 9.84 Å². The summed E-state index contributed by atoms with van der Waals surface area (Å²) in [4.78, 5) is 0. The maximum absolute atomic E-state index is 9.53. The molecule has 1 fully saturated rings. The van der Waals surface area contributed by atoms with E-state index >= 15 is 0 Å². The van der Waals surface area contributed by atoms with Gasteiger partial charge in [-0.05, 0) is 13.8 Å². The zero-order chi connectivity index (χ0) is 7.78. The minimum atomic E-state index is -0.698. The van der Waals surface area contributed by atoms with Crippen LogP contribution in [0.25, 0.3) is 0 Å². The molecule has 3 N–H and O–H groups in total. The van der Waals surface area contributed by atoms with Crippen LogP contribution in [-0.4, -0.2) is 30.0 Å². The first-order valence-electron chi connectivity index (χ1n) is 3.57. The van der Waals surface area contributed by atoms with Crippen LogP contribution in [0.1, 0.15) is 13.8 Å². The smallest absolute Gasteiger partial charge is 0.0657 e. The van der Waals surface area contributed by atoms with Gasteiger partial charge in [0.15, 0.2) is 0 Å². The van der Waals surface area contributed by atoms with Crippen LogP contribution in [-0.2, 0) is 4.74 Å². The second-order valence-electron chi connectivity index (χ2n) is 3.46. The molecule has 1 saturated heterocycles. The van der Waals surface area contributed by atoms with Gasteiger partial charge in [0, 0.05) is 12.0 Å². The van der Waals surface area contributed by atoms with Crippen molar-refractivity contribution in [3.8, 4) is 0 Å². The summed E-state index contributed by atoms with van der Waals surface area (Å²) in [5, 5.41) is 9.53. The van der Waals surface area contributed by atoms with Gasteiger partial charge in [0.05, 0.1) is 18.8 Å². The summed E-state index contributed by atoms with van der Waals surface area (Å²) in [7, 11) is 0. The molecule has 0 aromatic carbocycles. The van der Waals surface area contributed by atoms with E-state index in [0.29, 0.717) is 13.2 Å². The Morgan fingerprint density at radius 3 is 2.30 bits per heavy atom. The number of ether oxygens (including phenoxy) is 1. The molecular formula is C7H15NO2. The van der Waals surface area contributed by atoms with Crippen molar-refractivity contribution in [3.63, 3.8) is 0 Å². The summed E-state index contributed by atoms with van der Waals surface area (Å²) < 4.78 is 5.11. The Morgan fingerprint density at radius 1 is 1.50 bits per heavy atom. The zero-order valence-corrected chi connectivity index (χ0v) is 6.50. The van der Waals surface area contributed by atoms with Gasteiger partial charge in [-0.2, -0.15) is 0 Å². The molecule has 3 nitrogen and oxygen atoms in total. The highest BCUT2D eigenvalue weighted by molar-refractivity contribution is 4.88. The third-order valence-corrected chi connectivity index (χ3v) is 2.03. The third-order valence-electron chi connectivity index (χ3n) is 2.03. The van der Waals surface area contributed by atoms with Gasteiger partial charge in [-0.15, -0.1) is 0 Å². The molecule has 0 aromatic heterocycles. The minimum Gasteiger partial charge on any atom is -0.390 e. The summed E-state index contributed by atoms with van der Waals surface area (Å²) in [6.07, 6.45) is 0. The zero-order valence-electron chi connectivity index (χ0n) is 6.50. The SMILES string of the molecule is CC(C)(O)C1COCC1N. The molecule has 0 spiro atoms. The number of nitrogens with two attached hydrogens (primary N) is 1. The van der Waals surface area contributed by atoms with Crippen molar-refractivity contribution in [2.24, 2.45) is 11.7 Å². The predicted octanol–water partition coefficient (Wildman–Crippen LogP) is -0.269. The molecule has 60 valence electrons. The van der Waals surface area contributed by atoms with Gasteiger partial charge < -0.3 is 15.6 Å². The summed E-state index contributed by atoms with van der Waals surface area (Å²) in [5.41, 5.74) is 4.98. The highest BCUT2D eigenvalue weighted by Crippen LogP contribution is 2.23. The van der Waals surface area contributed by atoms with Gasteiger partial charge in [-0.1, -0.05) is 0 Å². The summed E-state index contributed by atoms with van der Waals surface area (Å²) >= 11 is 0. The van der Waals surface area contributed by atoms with E-state index in [2.05, 4.69) is 0 Å². The van der Waals surface area contributed by atoms with E-state index in [9.17, 15) is 5.11 Å². The molecular weight excluding hydrogens is 130 g/mol. The van der Waals surface area contributed by atoms with Crippen LogP contribution in [0.15, 0.2) is 0 Å². The van der Waals surface area contributed by atoms with E-state index in [1.165, 1.54) is 0 Å². The Labute approximate surface area is 61.2 Å². The van der Waals surface area contributed by atoms with E-state index in [1.807, 2.05) is 0 Å². The number of hydrogen-bond acceptors (Lipinski definition) is 3. The monoisotopic (exact) mass is 145 g/mol. The van der Waals surface area contributed by atoms with E-state index < -0.39 is 5.60 Å². The lowest BCUT2D eigenvalue weighted by Crippen LogP contribution is -2.42. The van der Waals surface area contributed by atoms with Gasteiger partial charge >= 0.3 is 0 Å². The van der Waals surface area contributed by atoms with Gasteiger partial charge in [0.25, 0.3) is 0 Å². The average molecular weight is 145 g/mol. The molecule has 1 rings (SSSR count). The molecule has 0 aromatic rings. The molecule has 1 heterocycles. The molecule has 0 aliphatic carbocycles. The molecule has 1 aliphatic heterocycles. The standard InChI is InChI=1S/C7H15NO2/c1-7(2,9)5-3-10-4-6(5)8/h5-6,9H,3-4,8H2,1-2H3. The van der Waals surface area contributed by atoms with E-state index in [4.69, 9.17) is 10.5 Å². The molecule has 0 amide bonds. The van der Waals surface area contributed by atoms with Crippen molar-refractivity contribution in [1.82, 2.24) is 0 Å². The Balaban J connectivity index is 2.55. The van der Waals surface area contributed by atoms with E-state index in [0.717, 1.165) is 0 Å². The van der Waals surface area contributed by atoms with Gasteiger partial charge in [-0.3, -0.25) is 0 Å². The van der Waals surface area contributed by atoms with Crippen LogP contribution < -0.4 is 5.73 Å². The fourth-order valence-electron chi connectivity index (χ4n) is 1.30. The third kappa shape index (κ3) is 1.48. The van der Waals surface area contributed by atoms with Gasteiger partial charge in [0.1, 0.15) is 0 Å². The van der Waals surface area contributed by atoms with Crippen LogP contribution in [0.5, 0.6) is 0 Å². The Kier molecular flexibility index (Phi) is 1.99. The largest absolute Gasteiger partial charge is 0.390 e. The first-order valence-corrected chi connectivity index (χ1v) is 3.57. The quantitative estimate of drug-likeness (QED) is 0.534. The summed E-state index contributed by atoms with van der Waals surface area (Å²) in [6, 6.07) is -0.000000000000000222. The Morgan fingerprint density at radius 2 is 2.10 bits per heavy atom. The van der Waals surface area contributed by atoms with Crippen LogP contribution in [0.2, 0.25) is 0 Å². The first kappa shape index (κ1) is 7.98. The fraction of sp³-hybridized carbons (Fsp3) is 1.00. The summed E-state index contributed by atoms with van der Waals surface area (Å²) in [5.74, 6) is 0.0903. The minimum absolute atomic E-state index is 0.000000000000000222. The predicted molar refractivity (Wildman–Crippen MR) is 38.6 cm³/mol. The van der Waals surface area contributed by atoms with Crippen LogP contribution in [0, 0.1) is 5.92 Å². The second-order valence-corrected chi connectivity index (χ2v) is 3.46. The highest BCUT2D eigenvalue weighted by atomic mass is 16.5. The molecule has 2 atom stereocenters. The summed E-state index contributed by atoms with van der Waals surface area (Å²) in [6.45, 7) is 4.71. The Bertz CT molecular complexity index is 119. The molecule has 10 heavy (non-hydrogen) atoms. The number of rotatable bonds is 1. The number of aliphatic hydroxyl groups is 1. The lowest BCUT2D eigenvalue weighted by molar-refractivity contribution is 0.00846. The van der Waals surface area contributed by atoms with E-state index in [-0.39, 0.29) is 12.0 Å². The maximum Gasteiger partial charge on any atom is 0.0657 e. The van der Waals surface area contributed by atoms with Crippen LogP contribution in [0.4, 0.5) is 0 Å². The lowest BCUT2D eigenvalue weighted by Gasteiger charge is -2.26. The van der Waals surface area contributed by atoms with Gasteiger partial charge in [-0.25, -0.2) is 0 Å². The van der Waals surface area contributed by atoms with Crippen molar-refractivity contribution in [3.05, 3.63) is 0 Å². The van der Waals surface area contributed by atoms with Crippen molar-refractivity contribution in [1.29, 1.82) is 0 Å². The van der Waals surface area contributed by atoms with Crippen LogP contribution in [0.3, 0.4) is 0 Å². The van der Waals surface area contributed by atoms with Crippen molar-refractivity contribution in [2.75, 3.05) is 13.2 Å². The average Bonchev–Trinajstić information content (AvgIpc) is 2.11. The second kappa shape index (κ2) is 2.49. The van der Waals surface area contributed by atoms with E-state index in [1.54, 1.807) is 13.8 Å². The number of hydrogen-bond donors (Lipinski definition) is 2. The lowest BCUT2D eigenvalue weighted by atomic mass is 9.88. The van der Waals surface area contributed by atoms with Gasteiger partial charge in [0.2, 0.25) is 0 Å². The molecule has 0 radical (unpaired) electrons. The van der Waals surface area contributed by atoms with Crippen molar-refractivity contribution >= 4 is 0 Å². The Hall–Kier alpha value is -0.120. The topological polar surface area (TPSA) is 55.5 Å². The molecule has 0 bridgehead atoms. The molecule has 0 saturated carbocycles. The molecule has 1 aliphatic rings. The fourth-order valence-corrected chi connectivity index (χ4v) is 1.30. The molecule has 3 heteroatoms.